The molecule has 3 aliphatic rings. The number of aromatic nitrogens is 12. The number of Topliss-reactive ketones (excluding diaryl/α,β-unsaturated/α-hetero) is 3. The lowest BCUT2D eigenvalue weighted by molar-refractivity contribution is -0.128. The number of nitrogens with two attached hydrogens (primary N) is 3. The number of nitrogen functional groups attached to an aromatic ring is 3. The molecule has 0 bridgehead atoms. The number of aryl methyl sites for hydroxylation is 7. The van der Waals surface area contributed by atoms with E-state index in [1.54, 1.807) is 20.8 Å². The Morgan fingerprint density at radius 3 is 1.17 bits per heavy atom. The van der Waals surface area contributed by atoms with Crippen LogP contribution in [0.1, 0.15) is 151 Å². The minimum atomic E-state index is -0.0840. The van der Waals surface area contributed by atoms with Crippen LogP contribution in [0.2, 0.25) is 5.02 Å². The molecule has 3 atom stereocenters. The number of nitrogens with zero attached hydrogens (tertiary/aromatic N) is 15. The summed E-state index contributed by atoms with van der Waals surface area (Å²) in [6.07, 6.45) is 16.8. The van der Waals surface area contributed by atoms with E-state index >= 15 is 0 Å². The van der Waals surface area contributed by atoms with Crippen molar-refractivity contribution in [3.8, 4) is 33.8 Å². The van der Waals surface area contributed by atoms with E-state index in [-0.39, 0.29) is 53.2 Å². The lowest BCUT2D eigenvalue weighted by Gasteiger charge is -2.32. The summed E-state index contributed by atoms with van der Waals surface area (Å²) in [4.78, 5) is 107. The fraction of sp³-hybridized carbons (Fsp3) is 0.292. The highest BCUT2D eigenvalue weighted by Crippen LogP contribution is 2.39. The number of ketones is 3. The number of halogens is 1. The highest BCUT2D eigenvalue weighted by molar-refractivity contribution is 6.34. The maximum absolute atomic E-state index is 12.8. The monoisotopic (exact) mass is 1540 g/mol. The van der Waals surface area contributed by atoms with Gasteiger partial charge in [-0.3, -0.25) is 28.8 Å². The van der Waals surface area contributed by atoms with Gasteiger partial charge >= 0.3 is 0 Å². The Morgan fingerprint density at radius 1 is 0.430 bits per heavy atom. The van der Waals surface area contributed by atoms with Crippen LogP contribution in [0.15, 0.2) is 184 Å². The maximum atomic E-state index is 12.8. The van der Waals surface area contributed by atoms with Gasteiger partial charge in [-0.25, -0.2) is 43.9 Å². The molecule has 25 heteroatoms. The van der Waals surface area contributed by atoms with Crippen molar-refractivity contribution >= 4 is 97.2 Å². The Morgan fingerprint density at radius 2 is 0.789 bits per heavy atom. The van der Waals surface area contributed by atoms with Crippen molar-refractivity contribution in [2.24, 2.45) is 0 Å². The number of piperidine rings is 3. The largest absolute Gasteiger partial charge is 0.383 e. The molecule has 0 saturated carbocycles. The number of hydrogen-bond acceptors (Lipinski definition) is 18. The van der Waals surface area contributed by atoms with E-state index in [2.05, 4.69) is 49.6 Å². The smallest absolute Gasteiger partial charge is 0.246 e. The zero-order chi connectivity index (χ0) is 80.4. The topological polar surface area (TPSA) is 321 Å². The van der Waals surface area contributed by atoms with Crippen molar-refractivity contribution in [2.45, 2.75) is 130 Å². The van der Waals surface area contributed by atoms with Crippen LogP contribution in [-0.4, -0.2) is 148 Å². The van der Waals surface area contributed by atoms with Gasteiger partial charge in [0.15, 0.2) is 34.3 Å². The average Bonchev–Trinajstić information content (AvgIpc) is 1.62. The minimum Gasteiger partial charge on any atom is -0.383 e. The van der Waals surface area contributed by atoms with Crippen LogP contribution in [0.3, 0.4) is 0 Å². The summed E-state index contributed by atoms with van der Waals surface area (Å²) in [5, 5.41) is 17.4. The second-order valence-electron chi connectivity index (χ2n) is 29.5. The molecule has 6 N–H and O–H groups in total. The van der Waals surface area contributed by atoms with E-state index in [0.717, 1.165) is 111 Å². The Hall–Kier alpha value is -12.7. The Balaban J connectivity index is 0.000000149. The van der Waals surface area contributed by atoms with E-state index in [9.17, 15) is 28.8 Å². The molecule has 6 aromatic heterocycles. The van der Waals surface area contributed by atoms with Crippen LogP contribution < -0.4 is 17.2 Å². The molecule has 6 aromatic carbocycles. The molecule has 3 fully saturated rings. The van der Waals surface area contributed by atoms with Gasteiger partial charge in [0.2, 0.25) is 17.7 Å². The molecule has 15 rings (SSSR count). The van der Waals surface area contributed by atoms with Gasteiger partial charge in [-0.2, -0.15) is 15.3 Å². The molecule has 3 aliphatic heterocycles. The van der Waals surface area contributed by atoms with Gasteiger partial charge in [0, 0.05) is 91.9 Å². The minimum absolute atomic E-state index is 0.0198. The SMILES string of the molecule is C=CC(=O)N1CCC[C@@H](n2nc(-c3ccc(CCC(=O)c4c(C)cccc4Cl)cc3)c3c(N)ncnc32)C1.C=CC(=O)N1CCC[C@@H](n2nc(-c3ccc(CCC(=O)c4cc(C)ccc4C)cc3)c3c(N)ncnc32)C1.C=CC(=O)N1CCC[C@@H](n2nc(-c3ccc(CCC(=O)c4cccc(C)c4C)cc3)c3c(N)ncnc32)C1. The highest BCUT2D eigenvalue weighted by Gasteiger charge is 2.32. The van der Waals surface area contributed by atoms with Gasteiger partial charge in [0.05, 0.1) is 39.3 Å². The lowest BCUT2D eigenvalue weighted by Crippen LogP contribution is -2.40. The first-order chi connectivity index (χ1) is 55.1. The Kier molecular flexibility index (Phi) is 24.6. The van der Waals surface area contributed by atoms with Crippen LogP contribution >= 0.6 is 11.6 Å². The third-order valence-corrected chi connectivity index (χ3v) is 22.3. The number of carbonyl (C=O) groups is 6. The third-order valence-electron chi connectivity index (χ3n) is 21.9. The van der Waals surface area contributed by atoms with E-state index in [0.29, 0.717) is 156 Å². The molecule has 114 heavy (non-hydrogen) atoms. The molecule has 0 radical (unpaired) electrons. The van der Waals surface area contributed by atoms with Crippen LogP contribution in [0, 0.1) is 34.6 Å². The number of benzene rings is 6. The molecule has 0 spiro atoms. The lowest BCUT2D eigenvalue weighted by atomic mass is 9.96. The summed E-state index contributed by atoms with van der Waals surface area (Å²) in [6.45, 7) is 24.5. The van der Waals surface area contributed by atoms with Gasteiger partial charge in [0.25, 0.3) is 0 Å². The molecular formula is C89H93ClN18O6. The fourth-order valence-corrected chi connectivity index (χ4v) is 15.9. The molecule has 12 aromatic rings. The molecule has 3 amide bonds. The van der Waals surface area contributed by atoms with Crippen LogP contribution in [0.25, 0.3) is 66.9 Å². The third kappa shape index (κ3) is 17.3. The van der Waals surface area contributed by atoms with Crippen molar-refractivity contribution < 1.29 is 28.8 Å². The Bertz CT molecular complexity index is 5470. The first-order valence-corrected chi connectivity index (χ1v) is 38.9. The quantitative estimate of drug-likeness (QED) is 0.0444. The highest BCUT2D eigenvalue weighted by atomic mass is 35.5. The summed E-state index contributed by atoms with van der Waals surface area (Å²) >= 11 is 6.27. The van der Waals surface area contributed by atoms with Gasteiger partial charge in [-0.1, -0.05) is 152 Å². The number of rotatable bonds is 21. The van der Waals surface area contributed by atoms with Gasteiger partial charge < -0.3 is 31.9 Å². The zero-order valence-corrected chi connectivity index (χ0v) is 65.7. The summed E-state index contributed by atoms with van der Waals surface area (Å²) in [6, 6.07) is 41.4. The molecule has 3 saturated heterocycles. The van der Waals surface area contributed by atoms with Crippen molar-refractivity contribution in [3.63, 3.8) is 0 Å². The first kappa shape index (κ1) is 79.4. The normalized spacial score (nSPS) is 15.5. The number of amides is 3. The molecule has 24 nitrogen and oxygen atoms in total. The second kappa shape index (κ2) is 35.3. The fourth-order valence-electron chi connectivity index (χ4n) is 15.5. The number of hydrogen-bond donors (Lipinski definition) is 3. The maximum Gasteiger partial charge on any atom is 0.246 e. The van der Waals surface area contributed by atoms with E-state index < -0.39 is 0 Å². The molecule has 0 aliphatic carbocycles. The van der Waals surface area contributed by atoms with Crippen molar-refractivity contribution in [3.05, 3.63) is 251 Å². The number of carbonyl (C=O) groups excluding carboxylic acids is 6. The average molecular weight is 1550 g/mol. The summed E-state index contributed by atoms with van der Waals surface area (Å²) in [5.41, 5.74) is 36.2. The number of fused-ring (bicyclic) bond motifs is 3. The molecule has 9 heterocycles. The van der Waals surface area contributed by atoms with E-state index in [1.165, 1.54) is 37.2 Å². The summed E-state index contributed by atoms with van der Waals surface area (Å²) in [7, 11) is 0. The van der Waals surface area contributed by atoms with Crippen molar-refractivity contribution in [2.75, 3.05) is 56.5 Å². The van der Waals surface area contributed by atoms with E-state index in [4.69, 9.17) is 44.1 Å². The zero-order valence-electron chi connectivity index (χ0n) is 64.9. The summed E-state index contributed by atoms with van der Waals surface area (Å²) < 4.78 is 5.66. The van der Waals surface area contributed by atoms with Crippen molar-refractivity contribution in [1.82, 2.24) is 73.9 Å². The number of anilines is 3. The van der Waals surface area contributed by atoms with Gasteiger partial charge in [-0.05, 0) is 162 Å². The van der Waals surface area contributed by atoms with Gasteiger partial charge in [-0.15, -0.1) is 0 Å². The molecule has 0 unspecified atom stereocenters. The van der Waals surface area contributed by atoms with Crippen LogP contribution in [0.4, 0.5) is 17.5 Å². The second-order valence-corrected chi connectivity index (χ2v) is 29.9. The predicted molar refractivity (Wildman–Crippen MR) is 447 cm³/mol. The summed E-state index contributed by atoms with van der Waals surface area (Å²) in [5.74, 6) is 1.20. The standard InChI is InChI=1S/2C30H32N6O2.C29H29ClN6O2/c1-4-26(38)35-16-6-8-23(17-35)36-30-27(29(31)32-18-33-30)28(34-36)22-13-10-21(11-14-22)12-15-25(37)24-9-5-7-19(2)20(24)3;1-4-26(38)35-15-5-6-23(17-35)36-30-27(29(31)32-18-33-30)28(34-36)22-12-9-21(10-13-22)11-14-25(37)24-16-19(2)7-8-20(24)3;1-3-24(38)35-15-5-7-21(16-35)36-29-26(28(31)32-17-33-29)27(34-36)20-12-9-19(10-13-20)11-14-23(37)25-18(2)6-4-8-22(25)30/h4-5,7,9-11,13-14,18,23H,1,6,8,12,15-17H2,2-3H3,(H2,31,32,33);4,7-10,12-13,16,18,23H,1,5-6,11,14-15,17H2,2-3H3,(H2,31,32,33);3-4,6,8-10,12-13,17,21H,1,5,7,11,14-16H2,2H3,(H2,31,32,33)/t2*23-;21-/m111/s1. The van der Waals surface area contributed by atoms with Crippen molar-refractivity contribution in [1.29, 1.82) is 0 Å². The van der Waals surface area contributed by atoms with Crippen LogP contribution in [-0.2, 0) is 33.6 Å². The van der Waals surface area contributed by atoms with Gasteiger partial charge in [0.1, 0.15) is 53.5 Å². The Labute approximate surface area is 666 Å². The molecule has 582 valence electrons. The first-order valence-electron chi connectivity index (χ1n) is 38.6. The number of likely N-dealkylation sites (tertiary alicyclic amines) is 3. The van der Waals surface area contributed by atoms with Crippen LogP contribution in [0.5, 0.6) is 0 Å². The van der Waals surface area contributed by atoms with E-state index in [1.807, 2.05) is 170 Å². The predicted octanol–water partition coefficient (Wildman–Crippen LogP) is 14.9. The molecular weight excluding hydrogens is 1450 g/mol.